The maximum absolute atomic E-state index is 13.8. The van der Waals surface area contributed by atoms with E-state index in [0.29, 0.717) is 13.0 Å². The molecule has 0 aliphatic carbocycles. The molecule has 1 fully saturated rings. The van der Waals surface area contributed by atoms with Crippen molar-refractivity contribution in [2.24, 2.45) is 0 Å². The summed E-state index contributed by atoms with van der Waals surface area (Å²) in [5.41, 5.74) is 0. The topological polar surface area (TPSA) is 63.7 Å². The van der Waals surface area contributed by atoms with Crippen LogP contribution in [0.15, 0.2) is 41.8 Å². The van der Waals surface area contributed by atoms with Gasteiger partial charge in [-0.2, -0.15) is 0 Å². The Morgan fingerprint density at radius 2 is 2.12 bits per heavy atom. The minimum atomic E-state index is -3.14. The molecule has 1 aromatic carbocycles. The predicted octanol–water partition coefficient (Wildman–Crippen LogP) is 2.87. The van der Waals surface area contributed by atoms with Crippen molar-refractivity contribution in [3.8, 4) is 5.75 Å². The molecule has 0 unspecified atom stereocenters. The molecule has 1 aromatic heterocycles. The summed E-state index contributed by atoms with van der Waals surface area (Å²) in [5, 5.41) is 1.91. The number of halogens is 1. The molecule has 0 saturated carbocycles. The number of carbonyl (C=O) groups excluding carboxylic acids is 1. The van der Waals surface area contributed by atoms with Crippen molar-refractivity contribution < 1.29 is 22.3 Å². The van der Waals surface area contributed by atoms with E-state index in [2.05, 4.69) is 0 Å². The molecular weight excluding hydrogens is 377 g/mol. The van der Waals surface area contributed by atoms with Crippen LogP contribution < -0.4 is 4.74 Å². The number of hydrogen-bond acceptors (Lipinski definition) is 5. The number of hydrogen-bond donors (Lipinski definition) is 0. The molecule has 26 heavy (non-hydrogen) atoms. The fourth-order valence-corrected chi connectivity index (χ4v) is 5.43. The van der Waals surface area contributed by atoms with E-state index in [0.717, 1.165) is 4.88 Å². The first-order valence-corrected chi connectivity index (χ1v) is 11.0. The van der Waals surface area contributed by atoms with Crippen molar-refractivity contribution >= 4 is 27.1 Å². The summed E-state index contributed by atoms with van der Waals surface area (Å²) in [6, 6.07) is 9.29. The van der Waals surface area contributed by atoms with Crippen LogP contribution in [0.2, 0.25) is 0 Å². The molecule has 0 bridgehead atoms. The molecule has 1 aliphatic rings. The fraction of sp³-hybridized carbons (Fsp3) is 0.389. The number of nitrogens with zero attached hydrogens (tertiary/aromatic N) is 1. The number of ether oxygens (including phenoxy) is 1. The molecule has 0 radical (unpaired) electrons. The number of amides is 1. The first kappa shape index (κ1) is 18.8. The molecule has 2 atom stereocenters. The van der Waals surface area contributed by atoms with Crippen LogP contribution in [-0.4, -0.2) is 42.9 Å². The summed E-state index contributed by atoms with van der Waals surface area (Å²) in [6.45, 7) is 1.88. The van der Waals surface area contributed by atoms with E-state index in [1.165, 1.54) is 23.5 Å². The highest BCUT2D eigenvalue weighted by atomic mass is 32.2. The molecule has 140 valence electrons. The van der Waals surface area contributed by atoms with Crippen LogP contribution in [0.25, 0.3) is 0 Å². The minimum absolute atomic E-state index is 0.00321. The largest absolute Gasteiger partial charge is 0.478 e. The van der Waals surface area contributed by atoms with Gasteiger partial charge in [-0.1, -0.05) is 18.2 Å². The highest BCUT2D eigenvalue weighted by Crippen LogP contribution is 2.24. The van der Waals surface area contributed by atoms with E-state index in [-0.39, 0.29) is 29.2 Å². The van der Waals surface area contributed by atoms with Gasteiger partial charge < -0.3 is 9.64 Å². The van der Waals surface area contributed by atoms with Gasteiger partial charge in [0, 0.05) is 10.9 Å². The van der Waals surface area contributed by atoms with Gasteiger partial charge in [-0.3, -0.25) is 4.79 Å². The minimum Gasteiger partial charge on any atom is -0.478 e. The van der Waals surface area contributed by atoms with Gasteiger partial charge in [-0.15, -0.1) is 11.3 Å². The van der Waals surface area contributed by atoms with Crippen LogP contribution in [0.4, 0.5) is 4.39 Å². The van der Waals surface area contributed by atoms with Gasteiger partial charge in [0.25, 0.3) is 5.91 Å². The smallest absolute Gasteiger partial charge is 0.263 e. The normalized spacial score (nSPS) is 19.8. The number of sulfone groups is 1. The van der Waals surface area contributed by atoms with Crippen molar-refractivity contribution in [1.29, 1.82) is 0 Å². The molecule has 0 spiro atoms. The van der Waals surface area contributed by atoms with E-state index < -0.39 is 21.8 Å². The Balaban J connectivity index is 1.78. The first-order valence-electron chi connectivity index (χ1n) is 8.30. The molecular formula is C18H20FNO4S2. The average Bonchev–Trinajstić information content (AvgIpc) is 3.23. The molecule has 5 nitrogen and oxygen atoms in total. The lowest BCUT2D eigenvalue weighted by molar-refractivity contribution is -0.140. The number of rotatable bonds is 6. The van der Waals surface area contributed by atoms with Gasteiger partial charge in [0.2, 0.25) is 0 Å². The lowest BCUT2D eigenvalue weighted by atomic mass is 10.2. The summed E-state index contributed by atoms with van der Waals surface area (Å²) >= 11 is 1.50. The van der Waals surface area contributed by atoms with E-state index in [1.807, 2.05) is 17.5 Å². The lowest BCUT2D eigenvalue weighted by Gasteiger charge is -2.30. The van der Waals surface area contributed by atoms with Crippen LogP contribution in [0.3, 0.4) is 0 Å². The zero-order chi connectivity index (χ0) is 18.7. The van der Waals surface area contributed by atoms with E-state index in [1.54, 1.807) is 24.0 Å². The van der Waals surface area contributed by atoms with Crippen molar-refractivity contribution in [2.75, 3.05) is 11.5 Å². The quantitative estimate of drug-likeness (QED) is 0.752. The summed E-state index contributed by atoms with van der Waals surface area (Å²) in [6.07, 6.45) is -0.513. The Morgan fingerprint density at radius 3 is 2.73 bits per heavy atom. The van der Waals surface area contributed by atoms with Gasteiger partial charge in [0.05, 0.1) is 18.1 Å². The SMILES string of the molecule is C[C@@H](Oc1ccccc1F)C(=O)N(Cc1cccs1)[C@H]1CCS(=O)(=O)C1. The number of para-hydroxylation sites is 1. The molecule has 2 heterocycles. The number of thiophene rings is 1. The molecule has 1 amide bonds. The molecule has 3 rings (SSSR count). The van der Waals surface area contributed by atoms with E-state index in [9.17, 15) is 17.6 Å². The van der Waals surface area contributed by atoms with Crippen LogP contribution >= 0.6 is 11.3 Å². The maximum Gasteiger partial charge on any atom is 0.263 e. The third-order valence-corrected chi connectivity index (χ3v) is 6.94. The fourth-order valence-electron chi connectivity index (χ4n) is 2.99. The van der Waals surface area contributed by atoms with Gasteiger partial charge >= 0.3 is 0 Å². The Morgan fingerprint density at radius 1 is 1.35 bits per heavy atom. The Labute approximate surface area is 156 Å². The maximum atomic E-state index is 13.8. The standard InChI is InChI=1S/C18H20FNO4S2/c1-13(24-17-7-3-2-6-16(17)19)18(21)20(11-15-5-4-9-25-15)14-8-10-26(22,23)12-14/h2-7,9,13-14H,8,10-12H2,1H3/t13-,14+/m1/s1. The summed E-state index contributed by atoms with van der Waals surface area (Å²) < 4.78 is 43.0. The van der Waals surface area contributed by atoms with Crippen LogP contribution in [-0.2, 0) is 21.2 Å². The second kappa shape index (κ2) is 7.75. The second-order valence-electron chi connectivity index (χ2n) is 6.29. The summed E-state index contributed by atoms with van der Waals surface area (Å²) in [4.78, 5) is 15.5. The summed E-state index contributed by atoms with van der Waals surface area (Å²) in [5.74, 6) is -0.849. The van der Waals surface area contributed by atoms with E-state index >= 15 is 0 Å². The third-order valence-electron chi connectivity index (χ3n) is 4.33. The average molecular weight is 397 g/mol. The van der Waals surface area contributed by atoms with Gasteiger partial charge in [0.1, 0.15) is 0 Å². The van der Waals surface area contributed by atoms with Crippen LogP contribution in [0.5, 0.6) is 5.75 Å². The number of carbonyl (C=O) groups is 1. The Bertz CT molecular complexity index is 867. The molecule has 1 saturated heterocycles. The molecule has 1 aliphatic heterocycles. The van der Waals surface area contributed by atoms with Gasteiger partial charge in [-0.05, 0) is 36.9 Å². The highest BCUT2D eigenvalue weighted by Gasteiger charge is 2.36. The first-order chi connectivity index (χ1) is 12.4. The zero-order valence-corrected chi connectivity index (χ0v) is 15.9. The highest BCUT2D eigenvalue weighted by molar-refractivity contribution is 7.91. The van der Waals surface area contributed by atoms with Crippen molar-refractivity contribution in [3.05, 3.63) is 52.5 Å². The molecule has 0 N–H and O–H groups in total. The molecule has 8 heteroatoms. The third kappa shape index (κ3) is 4.42. The van der Waals surface area contributed by atoms with E-state index in [4.69, 9.17) is 4.74 Å². The Kier molecular flexibility index (Phi) is 5.62. The monoisotopic (exact) mass is 397 g/mol. The van der Waals surface area contributed by atoms with Gasteiger partial charge in [-0.25, -0.2) is 12.8 Å². The number of benzene rings is 1. The Hall–Kier alpha value is -1.93. The van der Waals surface area contributed by atoms with Crippen LogP contribution in [0.1, 0.15) is 18.2 Å². The van der Waals surface area contributed by atoms with Crippen molar-refractivity contribution in [3.63, 3.8) is 0 Å². The predicted molar refractivity (Wildman–Crippen MR) is 98.4 cm³/mol. The van der Waals surface area contributed by atoms with Crippen molar-refractivity contribution in [2.45, 2.75) is 32.0 Å². The molecule has 2 aromatic rings. The lowest BCUT2D eigenvalue weighted by Crippen LogP contribution is -2.46. The summed E-state index contributed by atoms with van der Waals surface area (Å²) in [7, 11) is -3.14. The second-order valence-corrected chi connectivity index (χ2v) is 9.55. The zero-order valence-electron chi connectivity index (χ0n) is 14.3. The van der Waals surface area contributed by atoms with Crippen LogP contribution in [0, 0.1) is 5.82 Å². The van der Waals surface area contributed by atoms with Gasteiger partial charge in [0.15, 0.2) is 27.5 Å². The van der Waals surface area contributed by atoms with Crippen molar-refractivity contribution in [1.82, 2.24) is 4.90 Å².